The second kappa shape index (κ2) is 5.23. The Morgan fingerprint density at radius 1 is 1.43 bits per heavy atom. The molecule has 2 nitrogen and oxygen atoms in total. The Balaban J connectivity index is 2.99. The lowest BCUT2D eigenvalue weighted by Crippen LogP contribution is -1.96. The highest BCUT2D eigenvalue weighted by Crippen LogP contribution is 2.31. The summed E-state index contributed by atoms with van der Waals surface area (Å²) >= 11 is 6.14. The molecule has 0 aliphatic carbocycles. The van der Waals surface area contributed by atoms with Gasteiger partial charge in [-0.05, 0) is 37.0 Å². The van der Waals surface area contributed by atoms with Crippen molar-refractivity contribution in [2.75, 3.05) is 13.7 Å². The quantitative estimate of drug-likeness (QED) is 0.835. The van der Waals surface area contributed by atoms with Crippen LogP contribution in [-0.2, 0) is 6.42 Å². The van der Waals surface area contributed by atoms with Crippen LogP contribution in [0.5, 0.6) is 5.75 Å². The first kappa shape index (κ1) is 11.3. The van der Waals surface area contributed by atoms with Crippen LogP contribution in [-0.4, -0.2) is 18.8 Å². The third-order valence-corrected chi connectivity index (χ3v) is 2.66. The Labute approximate surface area is 89.5 Å². The van der Waals surface area contributed by atoms with E-state index in [1.807, 2.05) is 19.1 Å². The normalized spacial score (nSPS) is 10.3. The van der Waals surface area contributed by atoms with Crippen molar-refractivity contribution in [1.29, 1.82) is 0 Å². The standard InChI is InChI=1S/C11H15ClO2/c1-8-5-6-10(14-2)11(12)9(8)4-3-7-13/h5-6,13H,3-4,7H2,1-2H3. The smallest absolute Gasteiger partial charge is 0.137 e. The average Bonchev–Trinajstić information content (AvgIpc) is 2.18. The van der Waals surface area contributed by atoms with Crippen LogP contribution in [0.2, 0.25) is 5.02 Å². The fraction of sp³-hybridized carbons (Fsp3) is 0.455. The molecular weight excluding hydrogens is 200 g/mol. The number of ether oxygens (including phenoxy) is 1. The van der Waals surface area contributed by atoms with Crippen molar-refractivity contribution in [2.24, 2.45) is 0 Å². The van der Waals surface area contributed by atoms with Gasteiger partial charge in [0.2, 0.25) is 0 Å². The third-order valence-electron chi connectivity index (χ3n) is 2.25. The van der Waals surface area contributed by atoms with Crippen molar-refractivity contribution < 1.29 is 9.84 Å². The number of aryl methyl sites for hydroxylation is 1. The van der Waals surface area contributed by atoms with Crippen LogP contribution in [0, 0.1) is 6.92 Å². The first-order valence-corrected chi connectivity index (χ1v) is 5.01. The first-order chi connectivity index (χ1) is 6.70. The summed E-state index contributed by atoms with van der Waals surface area (Å²) < 4.78 is 5.13. The summed E-state index contributed by atoms with van der Waals surface area (Å²) in [7, 11) is 1.60. The van der Waals surface area contributed by atoms with Crippen molar-refractivity contribution in [3.05, 3.63) is 28.3 Å². The maximum Gasteiger partial charge on any atom is 0.137 e. The number of halogens is 1. The van der Waals surface area contributed by atoms with Crippen LogP contribution in [0.3, 0.4) is 0 Å². The molecular formula is C11H15ClO2. The Kier molecular flexibility index (Phi) is 4.23. The average molecular weight is 215 g/mol. The van der Waals surface area contributed by atoms with Crippen molar-refractivity contribution in [3.8, 4) is 5.75 Å². The topological polar surface area (TPSA) is 29.5 Å². The summed E-state index contributed by atoms with van der Waals surface area (Å²) in [6.07, 6.45) is 1.52. The van der Waals surface area contributed by atoms with Crippen molar-refractivity contribution >= 4 is 11.6 Å². The molecule has 1 rings (SSSR count). The van der Waals surface area contributed by atoms with Gasteiger partial charge in [0.05, 0.1) is 12.1 Å². The summed E-state index contributed by atoms with van der Waals surface area (Å²) in [6, 6.07) is 3.84. The number of benzene rings is 1. The van der Waals surface area contributed by atoms with Gasteiger partial charge in [-0.15, -0.1) is 0 Å². The molecule has 0 atom stereocenters. The molecule has 0 radical (unpaired) electrons. The molecule has 0 spiro atoms. The fourth-order valence-corrected chi connectivity index (χ4v) is 1.80. The predicted molar refractivity (Wildman–Crippen MR) is 58.1 cm³/mol. The molecule has 0 saturated carbocycles. The molecule has 0 aromatic heterocycles. The molecule has 3 heteroatoms. The summed E-state index contributed by atoms with van der Waals surface area (Å²) in [5, 5.41) is 9.43. The molecule has 0 unspecified atom stereocenters. The SMILES string of the molecule is COc1ccc(C)c(CCCO)c1Cl. The molecule has 0 aliphatic rings. The van der Waals surface area contributed by atoms with E-state index < -0.39 is 0 Å². The monoisotopic (exact) mass is 214 g/mol. The molecule has 0 heterocycles. The second-order valence-electron chi connectivity index (χ2n) is 3.20. The molecule has 78 valence electrons. The van der Waals surface area contributed by atoms with E-state index in [2.05, 4.69) is 0 Å². The summed E-state index contributed by atoms with van der Waals surface area (Å²) in [5.74, 6) is 0.699. The van der Waals surface area contributed by atoms with E-state index in [1.54, 1.807) is 7.11 Å². The molecule has 1 aromatic carbocycles. The summed E-state index contributed by atoms with van der Waals surface area (Å²) in [4.78, 5) is 0. The summed E-state index contributed by atoms with van der Waals surface area (Å²) in [6.45, 7) is 2.20. The highest BCUT2D eigenvalue weighted by atomic mass is 35.5. The Bertz CT molecular complexity index is 310. The third kappa shape index (κ3) is 2.40. The zero-order valence-electron chi connectivity index (χ0n) is 8.51. The van der Waals surface area contributed by atoms with Crippen LogP contribution in [0.4, 0.5) is 0 Å². The molecule has 0 fully saturated rings. The Morgan fingerprint density at radius 3 is 2.71 bits per heavy atom. The zero-order valence-corrected chi connectivity index (χ0v) is 9.27. The van der Waals surface area contributed by atoms with Gasteiger partial charge in [0.1, 0.15) is 5.75 Å². The van der Waals surface area contributed by atoms with E-state index in [-0.39, 0.29) is 6.61 Å². The maximum absolute atomic E-state index is 8.76. The van der Waals surface area contributed by atoms with Crippen molar-refractivity contribution in [1.82, 2.24) is 0 Å². The zero-order chi connectivity index (χ0) is 10.6. The highest BCUT2D eigenvalue weighted by molar-refractivity contribution is 6.32. The first-order valence-electron chi connectivity index (χ1n) is 4.63. The number of aliphatic hydroxyl groups is 1. The van der Waals surface area contributed by atoms with Crippen LogP contribution in [0.15, 0.2) is 12.1 Å². The van der Waals surface area contributed by atoms with Gasteiger partial charge in [0.25, 0.3) is 0 Å². The van der Waals surface area contributed by atoms with E-state index in [4.69, 9.17) is 21.4 Å². The molecule has 1 N–H and O–H groups in total. The summed E-state index contributed by atoms with van der Waals surface area (Å²) in [5.41, 5.74) is 2.21. The van der Waals surface area contributed by atoms with E-state index in [1.165, 1.54) is 0 Å². The lowest BCUT2D eigenvalue weighted by Gasteiger charge is -2.11. The minimum Gasteiger partial charge on any atom is -0.495 e. The number of hydrogen-bond acceptors (Lipinski definition) is 2. The van der Waals surface area contributed by atoms with Crippen LogP contribution in [0.25, 0.3) is 0 Å². The van der Waals surface area contributed by atoms with Gasteiger partial charge in [-0.1, -0.05) is 17.7 Å². The lowest BCUT2D eigenvalue weighted by molar-refractivity contribution is 0.288. The van der Waals surface area contributed by atoms with Crippen molar-refractivity contribution in [3.63, 3.8) is 0 Å². The number of methoxy groups -OCH3 is 1. The van der Waals surface area contributed by atoms with Gasteiger partial charge in [0.15, 0.2) is 0 Å². The number of aliphatic hydroxyl groups excluding tert-OH is 1. The predicted octanol–water partition coefficient (Wildman–Crippen LogP) is 2.58. The fourth-order valence-electron chi connectivity index (χ4n) is 1.42. The lowest BCUT2D eigenvalue weighted by atomic mass is 10.0. The van der Waals surface area contributed by atoms with Crippen LogP contribution in [0.1, 0.15) is 17.5 Å². The van der Waals surface area contributed by atoms with Crippen LogP contribution >= 0.6 is 11.6 Å². The van der Waals surface area contributed by atoms with E-state index >= 15 is 0 Å². The molecule has 0 saturated heterocycles. The Hall–Kier alpha value is -0.730. The van der Waals surface area contributed by atoms with E-state index in [0.717, 1.165) is 24.0 Å². The number of hydrogen-bond donors (Lipinski definition) is 1. The molecule has 0 bridgehead atoms. The molecule has 0 aliphatic heterocycles. The molecule has 14 heavy (non-hydrogen) atoms. The molecule has 0 amide bonds. The molecule has 1 aromatic rings. The Morgan fingerprint density at radius 2 is 2.14 bits per heavy atom. The second-order valence-corrected chi connectivity index (χ2v) is 3.58. The van der Waals surface area contributed by atoms with Crippen LogP contribution < -0.4 is 4.74 Å². The van der Waals surface area contributed by atoms with Gasteiger partial charge in [0, 0.05) is 6.61 Å². The largest absolute Gasteiger partial charge is 0.495 e. The highest BCUT2D eigenvalue weighted by Gasteiger charge is 2.08. The van der Waals surface area contributed by atoms with Crippen molar-refractivity contribution in [2.45, 2.75) is 19.8 Å². The minimum absolute atomic E-state index is 0.187. The van der Waals surface area contributed by atoms with Gasteiger partial charge < -0.3 is 9.84 Å². The number of rotatable bonds is 4. The van der Waals surface area contributed by atoms with Gasteiger partial charge in [-0.3, -0.25) is 0 Å². The minimum atomic E-state index is 0.187. The maximum atomic E-state index is 8.76. The van der Waals surface area contributed by atoms with Gasteiger partial charge in [-0.2, -0.15) is 0 Å². The van der Waals surface area contributed by atoms with Gasteiger partial charge >= 0.3 is 0 Å². The van der Waals surface area contributed by atoms with Gasteiger partial charge in [-0.25, -0.2) is 0 Å². The van der Waals surface area contributed by atoms with E-state index in [0.29, 0.717) is 10.8 Å². The van der Waals surface area contributed by atoms with E-state index in [9.17, 15) is 0 Å².